The fraction of sp³-hybridized carbons (Fsp3) is 0.647. The molecule has 23 heavy (non-hydrogen) atoms. The van der Waals surface area contributed by atoms with Crippen molar-refractivity contribution < 1.29 is 14.7 Å². The molecule has 6 heteroatoms. The van der Waals surface area contributed by atoms with Crippen molar-refractivity contribution in [3.8, 4) is 0 Å². The summed E-state index contributed by atoms with van der Waals surface area (Å²) in [4.78, 5) is 24.7. The van der Waals surface area contributed by atoms with Crippen molar-refractivity contribution in [2.24, 2.45) is 0 Å². The molecule has 1 aromatic rings. The Morgan fingerprint density at radius 2 is 1.91 bits per heavy atom. The number of carbonyl (C=O) groups is 2. The molecule has 0 spiro atoms. The second kappa shape index (κ2) is 11.2. The normalized spacial score (nSPS) is 13.3. The topological polar surface area (TPSA) is 78.4 Å². The molecule has 1 aromatic heterocycles. The number of aliphatic hydroxyl groups excluding tert-OH is 1. The standard InChI is InChI=1S/C17H28N2O3S/c1-3-4-5-6-7-8-11-18-17(22)15(13(2)20)19-16(21)14-10-9-12-23-14/h9-10,12-13,15,20H,3-8,11H2,1-2H3,(H,18,22)(H,19,21)/t13-,15+/m0/s1. The van der Waals surface area contributed by atoms with Gasteiger partial charge in [0.25, 0.3) is 5.91 Å². The van der Waals surface area contributed by atoms with E-state index >= 15 is 0 Å². The summed E-state index contributed by atoms with van der Waals surface area (Å²) in [5.74, 6) is -0.668. The Kier molecular flexibility index (Phi) is 9.55. The van der Waals surface area contributed by atoms with Gasteiger partial charge in [-0.25, -0.2) is 0 Å². The third-order valence-electron chi connectivity index (χ3n) is 3.63. The fourth-order valence-electron chi connectivity index (χ4n) is 2.25. The van der Waals surface area contributed by atoms with E-state index in [1.54, 1.807) is 17.5 Å². The van der Waals surface area contributed by atoms with Crippen LogP contribution in [0.15, 0.2) is 17.5 Å². The average molecular weight is 340 g/mol. The molecule has 0 aliphatic rings. The molecule has 1 heterocycles. The van der Waals surface area contributed by atoms with Crippen LogP contribution in [0.1, 0.15) is 62.0 Å². The molecule has 1 rings (SSSR count). The largest absolute Gasteiger partial charge is 0.391 e. The Hall–Kier alpha value is -1.40. The first-order chi connectivity index (χ1) is 11.1. The van der Waals surface area contributed by atoms with Crippen LogP contribution in [0.25, 0.3) is 0 Å². The summed E-state index contributed by atoms with van der Waals surface area (Å²) in [5.41, 5.74) is 0. The lowest BCUT2D eigenvalue weighted by Gasteiger charge is -2.20. The summed E-state index contributed by atoms with van der Waals surface area (Å²) in [6, 6.07) is 2.53. The first kappa shape index (κ1) is 19.6. The molecule has 0 saturated heterocycles. The van der Waals surface area contributed by atoms with Gasteiger partial charge in [0.15, 0.2) is 0 Å². The first-order valence-corrected chi connectivity index (χ1v) is 9.24. The predicted octanol–water partition coefficient (Wildman–Crippen LogP) is 2.70. The summed E-state index contributed by atoms with van der Waals surface area (Å²) >= 11 is 1.30. The van der Waals surface area contributed by atoms with E-state index in [0.717, 1.165) is 12.8 Å². The van der Waals surface area contributed by atoms with Crippen LogP contribution < -0.4 is 10.6 Å². The minimum absolute atomic E-state index is 0.333. The molecular weight excluding hydrogens is 312 g/mol. The highest BCUT2D eigenvalue weighted by Gasteiger charge is 2.25. The van der Waals surface area contributed by atoms with Crippen molar-refractivity contribution >= 4 is 23.2 Å². The number of hydrogen-bond acceptors (Lipinski definition) is 4. The monoisotopic (exact) mass is 340 g/mol. The molecular formula is C17H28N2O3S. The number of amides is 2. The van der Waals surface area contributed by atoms with E-state index in [0.29, 0.717) is 11.4 Å². The lowest BCUT2D eigenvalue weighted by molar-refractivity contribution is -0.125. The summed E-state index contributed by atoms with van der Waals surface area (Å²) in [5, 5.41) is 16.9. The number of rotatable bonds is 11. The van der Waals surface area contributed by atoms with E-state index in [1.807, 2.05) is 0 Å². The fourth-order valence-corrected chi connectivity index (χ4v) is 2.88. The van der Waals surface area contributed by atoms with Gasteiger partial charge >= 0.3 is 0 Å². The SMILES string of the molecule is CCCCCCCCNC(=O)[C@H](NC(=O)c1cccs1)[C@H](C)O. The quantitative estimate of drug-likeness (QED) is 0.542. The highest BCUT2D eigenvalue weighted by atomic mass is 32.1. The van der Waals surface area contributed by atoms with Crippen LogP contribution in [0.4, 0.5) is 0 Å². The van der Waals surface area contributed by atoms with Crippen LogP contribution in [0.2, 0.25) is 0 Å². The van der Waals surface area contributed by atoms with Crippen LogP contribution >= 0.6 is 11.3 Å². The predicted molar refractivity (Wildman–Crippen MR) is 93.6 cm³/mol. The molecule has 0 aliphatic heterocycles. The van der Waals surface area contributed by atoms with Crippen molar-refractivity contribution in [1.82, 2.24) is 10.6 Å². The van der Waals surface area contributed by atoms with E-state index in [1.165, 1.54) is 43.9 Å². The highest BCUT2D eigenvalue weighted by Crippen LogP contribution is 2.09. The second-order valence-corrected chi connectivity index (χ2v) is 6.68. The number of nitrogens with one attached hydrogen (secondary N) is 2. The van der Waals surface area contributed by atoms with Gasteiger partial charge in [-0.15, -0.1) is 11.3 Å². The van der Waals surface area contributed by atoms with Crippen LogP contribution in [-0.2, 0) is 4.79 Å². The summed E-state index contributed by atoms with van der Waals surface area (Å²) in [6.45, 7) is 4.26. The number of thiophene rings is 1. The van der Waals surface area contributed by atoms with Gasteiger partial charge in [-0.05, 0) is 24.8 Å². The van der Waals surface area contributed by atoms with Gasteiger partial charge in [0, 0.05) is 6.54 Å². The lowest BCUT2D eigenvalue weighted by Crippen LogP contribution is -2.52. The molecule has 2 atom stereocenters. The van der Waals surface area contributed by atoms with Crippen molar-refractivity contribution in [3.05, 3.63) is 22.4 Å². The van der Waals surface area contributed by atoms with Gasteiger partial charge in [0.1, 0.15) is 6.04 Å². The zero-order valence-corrected chi connectivity index (χ0v) is 14.8. The van der Waals surface area contributed by atoms with Crippen molar-refractivity contribution in [1.29, 1.82) is 0 Å². The smallest absolute Gasteiger partial charge is 0.262 e. The van der Waals surface area contributed by atoms with Gasteiger partial charge in [0.2, 0.25) is 5.91 Å². The van der Waals surface area contributed by atoms with Gasteiger partial charge < -0.3 is 15.7 Å². The van der Waals surface area contributed by atoms with Gasteiger partial charge in [-0.1, -0.05) is 45.1 Å². The zero-order chi connectivity index (χ0) is 17.1. The van der Waals surface area contributed by atoms with Crippen LogP contribution in [-0.4, -0.2) is 35.6 Å². The Morgan fingerprint density at radius 3 is 2.52 bits per heavy atom. The number of hydrogen-bond donors (Lipinski definition) is 3. The second-order valence-electron chi connectivity index (χ2n) is 5.73. The Balaban J connectivity index is 2.33. The zero-order valence-electron chi connectivity index (χ0n) is 14.0. The Morgan fingerprint density at radius 1 is 1.22 bits per heavy atom. The van der Waals surface area contributed by atoms with Crippen molar-refractivity contribution in [2.75, 3.05) is 6.54 Å². The minimum atomic E-state index is -0.941. The molecule has 0 fully saturated rings. The molecule has 3 N–H and O–H groups in total. The number of aliphatic hydroxyl groups is 1. The molecule has 2 amide bonds. The maximum atomic E-state index is 12.1. The van der Waals surface area contributed by atoms with E-state index in [4.69, 9.17) is 0 Å². The van der Waals surface area contributed by atoms with Crippen LogP contribution in [0.5, 0.6) is 0 Å². The Labute approximate surface area is 142 Å². The van der Waals surface area contributed by atoms with Crippen molar-refractivity contribution in [2.45, 2.75) is 64.5 Å². The molecule has 5 nitrogen and oxygen atoms in total. The third kappa shape index (κ3) is 7.61. The van der Waals surface area contributed by atoms with Crippen LogP contribution in [0, 0.1) is 0 Å². The summed E-state index contributed by atoms with van der Waals surface area (Å²) in [6.07, 6.45) is 5.95. The summed E-state index contributed by atoms with van der Waals surface area (Å²) in [7, 11) is 0. The molecule has 0 saturated carbocycles. The summed E-state index contributed by atoms with van der Waals surface area (Å²) < 4.78 is 0. The molecule has 0 aromatic carbocycles. The maximum absolute atomic E-state index is 12.1. The van der Waals surface area contributed by atoms with Gasteiger partial charge in [-0.3, -0.25) is 9.59 Å². The average Bonchev–Trinajstić information content (AvgIpc) is 3.05. The van der Waals surface area contributed by atoms with Crippen molar-refractivity contribution in [3.63, 3.8) is 0 Å². The highest BCUT2D eigenvalue weighted by molar-refractivity contribution is 7.12. The lowest BCUT2D eigenvalue weighted by atomic mass is 10.1. The third-order valence-corrected chi connectivity index (χ3v) is 4.49. The molecule has 0 aliphatic carbocycles. The molecule has 0 radical (unpaired) electrons. The molecule has 0 bridgehead atoms. The van der Waals surface area contributed by atoms with Gasteiger partial charge in [-0.2, -0.15) is 0 Å². The first-order valence-electron chi connectivity index (χ1n) is 8.36. The molecule has 130 valence electrons. The van der Waals surface area contributed by atoms with E-state index < -0.39 is 12.1 Å². The minimum Gasteiger partial charge on any atom is -0.391 e. The van der Waals surface area contributed by atoms with E-state index in [9.17, 15) is 14.7 Å². The van der Waals surface area contributed by atoms with Crippen LogP contribution in [0.3, 0.4) is 0 Å². The van der Waals surface area contributed by atoms with Gasteiger partial charge in [0.05, 0.1) is 11.0 Å². The maximum Gasteiger partial charge on any atom is 0.262 e. The molecule has 0 unspecified atom stereocenters. The van der Waals surface area contributed by atoms with E-state index in [2.05, 4.69) is 17.6 Å². The number of carbonyl (C=O) groups excluding carboxylic acids is 2. The van der Waals surface area contributed by atoms with E-state index in [-0.39, 0.29) is 11.8 Å². The Bertz CT molecular complexity index is 460. The number of unbranched alkanes of at least 4 members (excludes halogenated alkanes) is 5.